The first-order chi connectivity index (χ1) is 12.8. The van der Waals surface area contributed by atoms with Gasteiger partial charge in [0.15, 0.2) is 0 Å². The molecule has 140 valence electrons. The molecule has 0 unspecified atom stereocenters. The van der Waals surface area contributed by atoms with Gasteiger partial charge in [0.05, 0.1) is 11.3 Å². The zero-order valence-electron chi connectivity index (χ0n) is 14.7. The number of nitro benzene ring substituents is 1. The minimum atomic E-state index is -0.640. The average molecular weight is 389 g/mol. The number of benzene rings is 2. The molecule has 0 aliphatic carbocycles. The van der Waals surface area contributed by atoms with Crippen molar-refractivity contribution in [2.24, 2.45) is 5.10 Å². The van der Waals surface area contributed by atoms with Gasteiger partial charge in [0.25, 0.3) is 11.6 Å². The molecule has 2 N–H and O–H groups in total. The maximum Gasteiger partial charge on any atom is 0.287 e. The van der Waals surface area contributed by atoms with E-state index in [-0.39, 0.29) is 28.6 Å². The Kier molecular flexibility index (Phi) is 6.62. The van der Waals surface area contributed by atoms with E-state index in [9.17, 15) is 19.7 Å². The van der Waals surface area contributed by atoms with Gasteiger partial charge in [-0.2, -0.15) is 5.10 Å². The molecule has 0 saturated heterocycles. The maximum absolute atomic E-state index is 12.0. The second-order valence-corrected chi connectivity index (χ2v) is 6.21. The van der Waals surface area contributed by atoms with Crippen molar-refractivity contribution in [3.8, 4) is 0 Å². The highest BCUT2D eigenvalue weighted by atomic mass is 35.5. The van der Waals surface area contributed by atoms with E-state index in [1.807, 2.05) is 19.1 Å². The number of nitrogens with one attached hydrogen (secondary N) is 2. The normalized spacial score (nSPS) is 11.0. The van der Waals surface area contributed by atoms with Crippen LogP contribution in [0.2, 0.25) is 5.02 Å². The van der Waals surface area contributed by atoms with Gasteiger partial charge in [-0.1, -0.05) is 29.3 Å². The number of carbonyl (C=O) groups excluding carboxylic acids is 2. The van der Waals surface area contributed by atoms with Crippen molar-refractivity contribution in [3.05, 3.63) is 68.7 Å². The number of anilines is 1. The van der Waals surface area contributed by atoms with Crippen LogP contribution in [-0.2, 0) is 4.79 Å². The van der Waals surface area contributed by atoms with Crippen molar-refractivity contribution in [3.63, 3.8) is 0 Å². The van der Waals surface area contributed by atoms with E-state index >= 15 is 0 Å². The van der Waals surface area contributed by atoms with Crippen LogP contribution in [0.5, 0.6) is 0 Å². The number of nitrogens with zero attached hydrogens (tertiary/aromatic N) is 2. The molecule has 0 bridgehead atoms. The van der Waals surface area contributed by atoms with Crippen LogP contribution in [0.15, 0.2) is 47.6 Å². The van der Waals surface area contributed by atoms with Crippen LogP contribution in [0.4, 0.5) is 11.4 Å². The van der Waals surface area contributed by atoms with E-state index in [2.05, 4.69) is 15.8 Å². The molecule has 0 saturated carbocycles. The van der Waals surface area contributed by atoms with Gasteiger partial charge in [-0.25, -0.2) is 5.43 Å². The van der Waals surface area contributed by atoms with Gasteiger partial charge in [-0.15, -0.1) is 0 Å². The van der Waals surface area contributed by atoms with E-state index in [1.165, 1.54) is 12.1 Å². The first kappa shape index (κ1) is 20.1. The third kappa shape index (κ3) is 5.89. The molecule has 0 spiro atoms. The predicted octanol–water partition coefficient (Wildman–Crippen LogP) is 3.69. The van der Waals surface area contributed by atoms with Crippen molar-refractivity contribution in [1.29, 1.82) is 0 Å². The number of aryl methyl sites for hydroxylation is 1. The molecule has 9 heteroatoms. The molecule has 2 rings (SSSR count). The Labute approximate surface area is 160 Å². The molecule has 0 radical (unpaired) electrons. The van der Waals surface area contributed by atoms with Gasteiger partial charge < -0.3 is 5.32 Å². The zero-order chi connectivity index (χ0) is 20.0. The fourth-order valence-electron chi connectivity index (χ4n) is 2.12. The molecule has 0 heterocycles. The Morgan fingerprint density at radius 3 is 2.44 bits per heavy atom. The van der Waals surface area contributed by atoms with E-state index in [4.69, 9.17) is 11.6 Å². The lowest BCUT2D eigenvalue weighted by Gasteiger charge is -2.06. The summed E-state index contributed by atoms with van der Waals surface area (Å²) in [7, 11) is 0. The first-order valence-electron chi connectivity index (χ1n) is 7.90. The van der Waals surface area contributed by atoms with Gasteiger partial charge >= 0.3 is 0 Å². The third-order valence-electron chi connectivity index (χ3n) is 3.51. The van der Waals surface area contributed by atoms with Gasteiger partial charge in [0.1, 0.15) is 5.02 Å². The van der Waals surface area contributed by atoms with E-state index < -0.39 is 10.8 Å². The largest absolute Gasteiger partial charge is 0.326 e. The number of hydrogen-bond donors (Lipinski definition) is 2. The van der Waals surface area contributed by atoms with Crippen LogP contribution in [0.3, 0.4) is 0 Å². The Balaban J connectivity index is 1.93. The molecular formula is C18H17ClN4O4. The van der Waals surface area contributed by atoms with Gasteiger partial charge in [0.2, 0.25) is 5.91 Å². The quantitative estimate of drug-likeness (QED) is 0.446. The average Bonchev–Trinajstić information content (AvgIpc) is 2.61. The Bertz CT molecular complexity index is 910. The maximum atomic E-state index is 12.0. The summed E-state index contributed by atoms with van der Waals surface area (Å²) in [5.74, 6) is -0.863. The minimum absolute atomic E-state index is 0.00479. The summed E-state index contributed by atoms with van der Waals surface area (Å²) in [6.45, 7) is 3.54. The van der Waals surface area contributed by atoms with Crippen LogP contribution in [0.25, 0.3) is 0 Å². The lowest BCUT2D eigenvalue weighted by atomic mass is 10.2. The standard InChI is InChI=1S/C18H17ClN4O4/c1-11-3-6-14(7-4-11)20-17(24)9-12(2)21-22-18(25)13-5-8-16(23(26)27)15(19)10-13/h3-8,10H,9H2,1-2H3,(H,20,24)(H,22,25)/b21-12+. The highest BCUT2D eigenvalue weighted by Crippen LogP contribution is 2.24. The van der Waals surface area contributed by atoms with Gasteiger partial charge in [-0.3, -0.25) is 19.7 Å². The lowest BCUT2D eigenvalue weighted by Crippen LogP contribution is -2.21. The number of carbonyl (C=O) groups is 2. The summed E-state index contributed by atoms with van der Waals surface area (Å²) < 4.78 is 0. The molecule has 0 aromatic heterocycles. The topological polar surface area (TPSA) is 114 Å². The van der Waals surface area contributed by atoms with E-state index in [0.29, 0.717) is 11.4 Å². The van der Waals surface area contributed by atoms with Crippen LogP contribution in [0.1, 0.15) is 29.3 Å². The summed E-state index contributed by atoms with van der Waals surface area (Å²) in [5, 5.41) is 17.2. The summed E-state index contributed by atoms with van der Waals surface area (Å²) in [6, 6.07) is 10.9. The fraction of sp³-hybridized carbons (Fsp3) is 0.167. The zero-order valence-corrected chi connectivity index (χ0v) is 15.4. The number of nitro groups is 1. The van der Waals surface area contributed by atoms with Crippen molar-refractivity contribution in [2.75, 3.05) is 5.32 Å². The van der Waals surface area contributed by atoms with Crippen LogP contribution >= 0.6 is 11.6 Å². The Morgan fingerprint density at radius 1 is 1.19 bits per heavy atom. The number of hydrogen-bond acceptors (Lipinski definition) is 5. The molecule has 0 fully saturated rings. The smallest absolute Gasteiger partial charge is 0.287 e. The molecule has 27 heavy (non-hydrogen) atoms. The molecule has 0 aliphatic heterocycles. The molecule has 2 aromatic carbocycles. The summed E-state index contributed by atoms with van der Waals surface area (Å²) in [4.78, 5) is 34.1. The summed E-state index contributed by atoms with van der Waals surface area (Å²) >= 11 is 5.78. The second kappa shape index (κ2) is 8.91. The van der Waals surface area contributed by atoms with E-state index in [1.54, 1.807) is 19.1 Å². The van der Waals surface area contributed by atoms with Crippen LogP contribution in [-0.4, -0.2) is 22.4 Å². The van der Waals surface area contributed by atoms with Crippen LogP contribution < -0.4 is 10.7 Å². The molecule has 2 amide bonds. The monoisotopic (exact) mass is 388 g/mol. The number of hydrazone groups is 1. The molecule has 2 aromatic rings. The van der Waals surface area contributed by atoms with Crippen molar-refractivity contribution < 1.29 is 14.5 Å². The third-order valence-corrected chi connectivity index (χ3v) is 3.81. The van der Waals surface area contributed by atoms with Gasteiger partial charge in [-0.05, 0) is 38.1 Å². The second-order valence-electron chi connectivity index (χ2n) is 5.80. The number of halogens is 1. The number of amides is 2. The Hall–Kier alpha value is -3.26. The highest BCUT2D eigenvalue weighted by Gasteiger charge is 2.15. The minimum Gasteiger partial charge on any atom is -0.326 e. The van der Waals surface area contributed by atoms with Gasteiger partial charge in [0, 0.05) is 23.0 Å². The number of rotatable bonds is 6. The summed E-state index contributed by atoms with van der Waals surface area (Å²) in [6.07, 6.45) is -0.00479. The SMILES string of the molecule is C/C(CC(=O)Nc1ccc(C)cc1)=N\NC(=O)c1ccc([N+](=O)[O-])c(Cl)c1. The molecule has 0 aliphatic rings. The van der Waals surface area contributed by atoms with E-state index in [0.717, 1.165) is 11.6 Å². The lowest BCUT2D eigenvalue weighted by molar-refractivity contribution is -0.384. The Morgan fingerprint density at radius 2 is 1.85 bits per heavy atom. The van der Waals surface area contributed by atoms with Crippen LogP contribution in [0, 0.1) is 17.0 Å². The fourth-order valence-corrected chi connectivity index (χ4v) is 2.37. The molecule has 8 nitrogen and oxygen atoms in total. The highest BCUT2D eigenvalue weighted by molar-refractivity contribution is 6.33. The molecular weight excluding hydrogens is 372 g/mol. The molecule has 0 atom stereocenters. The first-order valence-corrected chi connectivity index (χ1v) is 8.28. The van der Waals surface area contributed by atoms with Crippen molar-refractivity contribution >= 4 is 40.5 Å². The predicted molar refractivity (Wildman–Crippen MR) is 103 cm³/mol. The van der Waals surface area contributed by atoms with Crippen molar-refractivity contribution in [1.82, 2.24) is 5.43 Å². The van der Waals surface area contributed by atoms with Crippen molar-refractivity contribution in [2.45, 2.75) is 20.3 Å². The summed E-state index contributed by atoms with van der Waals surface area (Å²) in [5.41, 5.74) is 4.26.